The van der Waals surface area contributed by atoms with E-state index in [0.29, 0.717) is 0 Å². The molecule has 1 aromatic heterocycles. The van der Waals surface area contributed by atoms with Gasteiger partial charge in [-0.05, 0) is 43.2 Å². The van der Waals surface area contributed by atoms with Crippen molar-refractivity contribution in [1.29, 1.82) is 0 Å². The van der Waals surface area contributed by atoms with Gasteiger partial charge in [0.1, 0.15) is 5.82 Å². The number of nitrogens with zero attached hydrogens (tertiary/aromatic N) is 2. The van der Waals surface area contributed by atoms with Crippen molar-refractivity contribution in [2.75, 3.05) is 11.4 Å². The third-order valence-corrected chi connectivity index (χ3v) is 2.90. The van der Waals surface area contributed by atoms with E-state index >= 15 is 0 Å². The van der Waals surface area contributed by atoms with Crippen LogP contribution in [0.4, 0.5) is 11.5 Å². The Bertz CT molecular complexity index is 508. The Kier molecular flexibility index (Phi) is 3.95. The molecule has 1 aromatic carbocycles. The van der Waals surface area contributed by atoms with Crippen molar-refractivity contribution in [2.24, 2.45) is 0 Å². The van der Waals surface area contributed by atoms with Crippen LogP contribution in [0.3, 0.4) is 0 Å². The highest BCUT2D eigenvalue weighted by atomic mass is 16.3. The van der Waals surface area contributed by atoms with E-state index < -0.39 is 0 Å². The van der Waals surface area contributed by atoms with Gasteiger partial charge < -0.3 is 10.0 Å². The summed E-state index contributed by atoms with van der Waals surface area (Å²) >= 11 is 0. The van der Waals surface area contributed by atoms with Crippen LogP contribution in [0.2, 0.25) is 0 Å². The topological polar surface area (TPSA) is 36.4 Å². The second-order valence-corrected chi connectivity index (χ2v) is 4.27. The first kappa shape index (κ1) is 12.6. The predicted molar refractivity (Wildman–Crippen MR) is 74.0 cm³/mol. The fourth-order valence-electron chi connectivity index (χ4n) is 1.94. The lowest BCUT2D eigenvalue weighted by Crippen LogP contribution is -2.17. The molecule has 1 heterocycles. The SMILES string of the molecule is CCN(c1cccc(C)c1)c1ccc(CO)cn1. The molecule has 0 amide bonds. The molecule has 0 bridgehead atoms. The van der Waals surface area contributed by atoms with E-state index in [9.17, 15) is 0 Å². The Labute approximate surface area is 108 Å². The Morgan fingerprint density at radius 3 is 2.61 bits per heavy atom. The molecular formula is C15H18N2O. The molecule has 0 unspecified atom stereocenters. The van der Waals surface area contributed by atoms with Gasteiger partial charge in [0.2, 0.25) is 0 Å². The molecule has 3 nitrogen and oxygen atoms in total. The zero-order chi connectivity index (χ0) is 13.0. The molecule has 0 aliphatic heterocycles. The number of rotatable bonds is 4. The average Bonchev–Trinajstić information content (AvgIpc) is 2.40. The molecule has 2 aromatic rings. The van der Waals surface area contributed by atoms with Crippen molar-refractivity contribution in [3.63, 3.8) is 0 Å². The maximum Gasteiger partial charge on any atom is 0.132 e. The lowest BCUT2D eigenvalue weighted by Gasteiger charge is -2.22. The van der Waals surface area contributed by atoms with Crippen LogP contribution in [0, 0.1) is 6.92 Å². The Morgan fingerprint density at radius 1 is 1.22 bits per heavy atom. The normalized spacial score (nSPS) is 10.4. The summed E-state index contributed by atoms with van der Waals surface area (Å²) in [5, 5.41) is 9.02. The van der Waals surface area contributed by atoms with Gasteiger partial charge in [-0.2, -0.15) is 0 Å². The third kappa shape index (κ3) is 2.68. The number of aliphatic hydroxyl groups is 1. The summed E-state index contributed by atoms with van der Waals surface area (Å²) < 4.78 is 0. The number of aromatic nitrogens is 1. The third-order valence-electron chi connectivity index (χ3n) is 2.90. The van der Waals surface area contributed by atoms with E-state index in [1.165, 1.54) is 5.56 Å². The smallest absolute Gasteiger partial charge is 0.132 e. The quantitative estimate of drug-likeness (QED) is 0.895. The van der Waals surface area contributed by atoms with E-state index in [2.05, 4.69) is 48.0 Å². The number of aryl methyl sites for hydroxylation is 1. The monoisotopic (exact) mass is 242 g/mol. The molecule has 0 fully saturated rings. The first-order chi connectivity index (χ1) is 8.74. The highest BCUT2D eigenvalue weighted by Gasteiger charge is 2.08. The second kappa shape index (κ2) is 5.65. The molecule has 2 rings (SSSR count). The van der Waals surface area contributed by atoms with Crippen LogP contribution in [0.5, 0.6) is 0 Å². The van der Waals surface area contributed by atoms with Crippen molar-refractivity contribution < 1.29 is 5.11 Å². The van der Waals surface area contributed by atoms with E-state index in [0.717, 1.165) is 23.6 Å². The van der Waals surface area contributed by atoms with Crippen molar-refractivity contribution in [1.82, 2.24) is 4.98 Å². The first-order valence-corrected chi connectivity index (χ1v) is 6.14. The Hall–Kier alpha value is -1.87. The van der Waals surface area contributed by atoms with Crippen molar-refractivity contribution in [2.45, 2.75) is 20.5 Å². The van der Waals surface area contributed by atoms with Crippen LogP contribution in [-0.4, -0.2) is 16.6 Å². The lowest BCUT2D eigenvalue weighted by molar-refractivity contribution is 0.281. The minimum absolute atomic E-state index is 0.0316. The summed E-state index contributed by atoms with van der Waals surface area (Å²) in [5.41, 5.74) is 3.21. The van der Waals surface area contributed by atoms with E-state index in [4.69, 9.17) is 5.11 Å². The van der Waals surface area contributed by atoms with E-state index in [1.807, 2.05) is 12.1 Å². The molecule has 0 aliphatic carbocycles. The number of pyridine rings is 1. The molecule has 94 valence electrons. The van der Waals surface area contributed by atoms with Crippen LogP contribution in [0.1, 0.15) is 18.1 Å². The first-order valence-electron chi connectivity index (χ1n) is 6.14. The Balaban J connectivity index is 2.32. The van der Waals surface area contributed by atoms with Gasteiger partial charge in [0, 0.05) is 18.4 Å². The molecule has 0 spiro atoms. The molecule has 3 heteroatoms. The highest BCUT2D eigenvalue weighted by molar-refractivity contribution is 5.60. The number of hydrogen-bond acceptors (Lipinski definition) is 3. The molecule has 1 N–H and O–H groups in total. The fraction of sp³-hybridized carbons (Fsp3) is 0.267. The largest absolute Gasteiger partial charge is 0.392 e. The van der Waals surface area contributed by atoms with Gasteiger partial charge in [0.15, 0.2) is 0 Å². The predicted octanol–water partition coefficient (Wildman–Crippen LogP) is 3.04. The molecule has 0 atom stereocenters. The van der Waals surface area contributed by atoms with Gasteiger partial charge >= 0.3 is 0 Å². The molecule has 18 heavy (non-hydrogen) atoms. The van der Waals surface area contributed by atoms with Crippen LogP contribution in [-0.2, 0) is 6.61 Å². The van der Waals surface area contributed by atoms with Crippen LogP contribution in [0.25, 0.3) is 0 Å². The maximum absolute atomic E-state index is 9.02. The average molecular weight is 242 g/mol. The minimum atomic E-state index is 0.0316. The molecule has 0 radical (unpaired) electrons. The van der Waals surface area contributed by atoms with Crippen LogP contribution in [0.15, 0.2) is 42.6 Å². The number of benzene rings is 1. The van der Waals surface area contributed by atoms with Crippen LogP contribution >= 0.6 is 0 Å². The molecule has 0 aliphatic rings. The standard InChI is InChI=1S/C15H18N2O/c1-3-17(14-6-4-5-12(2)9-14)15-8-7-13(11-18)10-16-15/h4-10,18H,3,11H2,1-2H3. The van der Waals surface area contributed by atoms with Crippen molar-refractivity contribution >= 4 is 11.5 Å². The van der Waals surface area contributed by atoms with Crippen molar-refractivity contribution in [3.05, 3.63) is 53.7 Å². The maximum atomic E-state index is 9.02. The summed E-state index contributed by atoms with van der Waals surface area (Å²) in [7, 11) is 0. The minimum Gasteiger partial charge on any atom is -0.392 e. The summed E-state index contributed by atoms with van der Waals surface area (Å²) in [5.74, 6) is 0.903. The summed E-state index contributed by atoms with van der Waals surface area (Å²) in [6.07, 6.45) is 1.72. The fourth-order valence-corrected chi connectivity index (χ4v) is 1.94. The van der Waals surface area contributed by atoms with E-state index in [1.54, 1.807) is 6.20 Å². The van der Waals surface area contributed by atoms with Gasteiger partial charge in [0.25, 0.3) is 0 Å². The highest BCUT2D eigenvalue weighted by Crippen LogP contribution is 2.23. The van der Waals surface area contributed by atoms with Gasteiger partial charge in [-0.1, -0.05) is 18.2 Å². The van der Waals surface area contributed by atoms with Gasteiger partial charge in [-0.3, -0.25) is 0 Å². The summed E-state index contributed by atoms with van der Waals surface area (Å²) in [6, 6.07) is 12.2. The summed E-state index contributed by atoms with van der Waals surface area (Å²) in [6.45, 7) is 5.07. The zero-order valence-electron chi connectivity index (χ0n) is 10.8. The molecule has 0 saturated carbocycles. The van der Waals surface area contributed by atoms with E-state index in [-0.39, 0.29) is 6.61 Å². The van der Waals surface area contributed by atoms with Gasteiger partial charge in [0.05, 0.1) is 6.61 Å². The summed E-state index contributed by atoms with van der Waals surface area (Å²) in [4.78, 5) is 6.54. The Morgan fingerprint density at radius 2 is 2.06 bits per heavy atom. The van der Waals surface area contributed by atoms with Crippen LogP contribution < -0.4 is 4.90 Å². The second-order valence-electron chi connectivity index (χ2n) is 4.27. The number of hydrogen-bond donors (Lipinski definition) is 1. The number of anilines is 2. The zero-order valence-corrected chi connectivity index (χ0v) is 10.8. The lowest BCUT2D eigenvalue weighted by atomic mass is 10.2. The molecular weight excluding hydrogens is 224 g/mol. The van der Waals surface area contributed by atoms with Gasteiger partial charge in [-0.25, -0.2) is 4.98 Å². The molecule has 0 saturated heterocycles. The van der Waals surface area contributed by atoms with Crippen molar-refractivity contribution in [3.8, 4) is 0 Å². The van der Waals surface area contributed by atoms with Gasteiger partial charge in [-0.15, -0.1) is 0 Å². The number of aliphatic hydroxyl groups excluding tert-OH is 1.